The third-order valence-electron chi connectivity index (χ3n) is 4.12. The summed E-state index contributed by atoms with van der Waals surface area (Å²) in [5.41, 5.74) is 1.36. The van der Waals surface area contributed by atoms with Crippen LogP contribution in [0.2, 0.25) is 0 Å². The van der Waals surface area contributed by atoms with Gasteiger partial charge in [0.05, 0.1) is 7.11 Å². The minimum Gasteiger partial charge on any atom is -0.497 e. The molecule has 0 spiro atoms. The summed E-state index contributed by atoms with van der Waals surface area (Å²) < 4.78 is 5.17. The number of methoxy groups -OCH3 is 1. The van der Waals surface area contributed by atoms with Crippen molar-refractivity contribution in [2.75, 3.05) is 33.9 Å². The van der Waals surface area contributed by atoms with Gasteiger partial charge < -0.3 is 14.7 Å². The molecule has 1 aromatic carbocycles. The number of hydrogen-bond donors (Lipinski definition) is 1. The van der Waals surface area contributed by atoms with Gasteiger partial charge in [-0.05, 0) is 62.5 Å². The molecule has 0 bridgehead atoms. The van der Waals surface area contributed by atoms with Crippen LogP contribution < -0.4 is 4.74 Å². The smallest absolute Gasteiger partial charge is 0.118 e. The Morgan fingerprint density at radius 3 is 2.33 bits per heavy atom. The van der Waals surface area contributed by atoms with Crippen molar-refractivity contribution in [2.45, 2.75) is 19.3 Å². The Bertz CT molecular complexity index is 367. The molecular weight excluding hydrogens is 226 g/mol. The van der Waals surface area contributed by atoms with Gasteiger partial charge in [-0.2, -0.15) is 0 Å². The predicted molar refractivity (Wildman–Crippen MR) is 72.9 cm³/mol. The molecule has 0 amide bonds. The van der Waals surface area contributed by atoms with Crippen LogP contribution >= 0.6 is 0 Å². The van der Waals surface area contributed by atoms with Gasteiger partial charge in [0.25, 0.3) is 0 Å². The number of likely N-dealkylation sites (tertiary alicyclic amines) is 1. The van der Waals surface area contributed by atoms with E-state index in [0.717, 1.165) is 38.1 Å². The van der Waals surface area contributed by atoms with E-state index in [1.165, 1.54) is 5.56 Å². The Morgan fingerprint density at radius 2 is 1.83 bits per heavy atom. The summed E-state index contributed by atoms with van der Waals surface area (Å²) in [6.45, 7) is 2.44. The standard InChI is InChI=1S/C15H23NO2/c1-16-9-7-15(12-17,8-10-16)11-13-3-5-14(18-2)6-4-13/h3-6,17H,7-12H2,1-2H3. The maximum Gasteiger partial charge on any atom is 0.118 e. The van der Waals surface area contributed by atoms with Crippen LogP contribution in [0.3, 0.4) is 0 Å². The molecule has 0 unspecified atom stereocenters. The van der Waals surface area contributed by atoms with Crippen LogP contribution in [0.15, 0.2) is 24.3 Å². The van der Waals surface area contributed by atoms with Crippen molar-refractivity contribution in [1.29, 1.82) is 0 Å². The van der Waals surface area contributed by atoms with Gasteiger partial charge in [-0.15, -0.1) is 0 Å². The second-order valence-electron chi connectivity index (χ2n) is 5.49. The Kier molecular flexibility index (Phi) is 4.25. The van der Waals surface area contributed by atoms with Crippen molar-refractivity contribution >= 4 is 0 Å². The van der Waals surface area contributed by atoms with Crippen molar-refractivity contribution in [1.82, 2.24) is 4.90 Å². The molecule has 0 radical (unpaired) electrons. The number of benzene rings is 1. The summed E-state index contributed by atoms with van der Waals surface area (Å²) in [5.74, 6) is 0.889. The van der Waals surface area contributed by atoms with Gasteiger partial charge in [0.1, 0.15) is 5.75 Å². The molecule has 1 aliphatic rings. The highest BCUT2D eigenvalue weighted by atomic mass is 16.5. The number of aliphatic hydroxyl groups excluding tert-OH is 1. The Balaban J connectivity index is 2.05. The summed E-state index contributed by atoms with van der Waals surface area (Å²) in [6.07, 6.45) is 3.11. The molecule has 100 valence electrons. The Morgan fingerprint density at radius 1 is 1.22 bits per heavy atom. The SMILES string of the molecule is COc1ccc(CC2(CO)CCN(C)CC2)cc1. The van der Waals surface area contributed by atoms with Gasteiger partial charge in [0.15, 0.2) is 0 Å². The van der Waals surface area contributed by atoms with Gasteiger partial charge in [0.2, 0.25) is 0 Å². The van der Waals surface area contributed by atoms with Crippen molar-refractivity contribution in [3.05, 3.63) is 29.8 Å². The van der Waals surface area contributed by atoms with E-state index < -0.39 is 0 Å². The average molecular weight is 249 g/mol. The molecule has 0 saturated carbocycles. The molecule has 18 heavy (non-hydrogen) atoms. The van der Waals surface area contributed by atoms with Crippen LogP contribution in [0.25, 0.3) is 0 Å². The van der Waals surface area contributed by atoms with Crippen LogP contribution in [-0.2, 0) is 6.42 Å². The van der Waals surface area contributed by atoms with Crippen LogP contribution in [0, 0.1) is 5.41 Å². The first-order chi connectivity index (χ1) is 8.67. The topological polar surface area (TPSA) is 32.7 Å². The van der Waals surface area contributed by atoms with Crippen molar-refractivity contribution in [3.8, 4) is 5.75 Å². The van der Waals surface area contributed by atoms with E-state index in [1.54, 1.807) is 7.11 Å². The zero-order chi connectivity index (χ0) is 13.0. The van der Waals surface area contributed by atoms with E-state index in [2.05, 4.69) is 24.1 Å². The number of piperidine rings is 1. The molecule has 0 aliphatic carbocycles. The largest absolute Gasteiger partial charge is 0.497 e. The molecule has 3 nitrogen and oxygen atoms in total. The highest BCUT2D eigenvalue weighted by Gasteiger charge is 2.33. The van der Waals surface area contributed by atoms with Gasteiger partial charge in [-0.25, -0.2) is 0 Å². The van der Waals surface area contributed by atoms with Crippen LogP contribution in [0.5, 0.6) is 5.75 Å². The van der Waals surface area contributed by atoms with Crippen molar-refractivity contribution < 1.29 is 9.84 Å². The Labute approximate surface area is 109 Å². The second-order valence-corrected chi connectivity index (χ2v) is 5.49. The number of aliphatic hydroxyl groups is 1. The van der Waals surface area contributed by atoms with E-state index >= 15 is 0 Å². The van der Waals surface area contributed by atoms with Crippen LogP contribution in [0.1, 0.15) is 18.4 Å². The minimum atomic E-state index is 0.0705. The van der Waals surface area contributed by atoms with Gasteiger partial charge in [-0.3, -0.25) is 0 Å². The fourth-order valence-electron chi connectivity index (χ4n) is 2.66. The first-order valence-electron chi connectivity index (χ1n) is 6.60. The van der Waals surface area contributed by atoms with Gasteiger partial charge in [-0.1, -0.05) is 12.1 Å². The lowest BCUT2D eigenvalue weighted by Crippen LogP contribution is -2.41. The summed E-state index contributed by atoms with van der Waals surface area (Å²) in [4.78, 5) is 2.34. The zero-order valence-electron chi connectivity index (χ0n) is 11.4. The van der Waals surface area contributed by atoms with Gasteiger partial charge >= 0.3 is 0 Å². The quantitative estimate of drug-likeness (QED) is 0.885. The summed E-state index contributed by atoms with van der Waals surface area (Å²) in [6, 6.07) is 8.20. The maximum atomic E-state index is 9.75. The molecule has 2 rings (SSSR count). The first-order valence-corrected chi connectivity index (χ1v) is 6.60. The lowest BCUT2D eigenvalue weighted by Gasteiger charge is -2.39. The first kappa shape index (κ1) is 13.4. The molecule has 1 aliphatic heterocycles. The molecule has 3 heteroatoms. The molecule has 0 aromatic heterocycles. The molecule has 1 saturated heterocycles. The van der Waals surface area contributed by atoms with Crippen molar-refractivity contribution in [3.63, 3.8) is 0 Å². The highest BCUT2D eigenvalue weighted by Crippen LogP contribution is 2.34. The lowest BCUT2D eigenvalue weighted by molar-refractivity contribution is 0.0532. The molecular formula is C15H23NO2. The maximum absolute atomic E-state index is 9.75. The van der Waals surface area contributed by atoms with E-state index in [0.29, 0.717) is 0 Å². The number of rotatable bonds is 4. The lowest BCUT2D eigenvalue weighted by atomic mass is 9.74. The average Bonchev–Trinajstić information content (AvgIpc) is 2.43. The number of hydrogen-bond acceptors (Lipinski definition) is 3. The fourth-order valence-corrected chi connectivity index (χ4v) is 2.66. The molecule has 1 N–H and O–H groups in total. The molecule has 0 atom stereocenters. The fraction of sp³-hybridized carbons (Fsp3) is 0.600. The number of nitrogens with zero attached hydrogens (tertiary/aromatic N) is 1. The van der Waals surface area contributed by atoms with Crippen molar-refractivity contribution in [2.24, 2.45) is 5.41 Å². The van der Waals surface area contributed by atoms with E-state index in [4.69, 9.17) is 4.74 Å². The van der Waals surface area contributed by atoms with Crippen LogP contribution in [0.4, 0.5) is 0 Å². The predicted octanol–water partition coefficient (Wildman–Crippen LogP) is 1.94. The third-order valence-corrected chi connectivity index (χ3v) is 4.12. The molecule has 1 aromatic rings. The van der Waals surface area contributed by atoms with Crippen LogP contribution in [-0.4, -0.2) is 43.9 Å². The van der Waals surface area contributed by atoms with E-state index in [-0.39, 0.29) is 12.0 Å². The normalized spacial score (nSPS) is 19.7. The summed E-state index contributed by atoms with van der Waals surface area (Å²) >= 11 is 0. The summed E-state index contributed by atoms with van der Waals surface area (Å²) in [7, 11) is 3.83. The second kappa shape index (κ2) is 5.72. The highest BCUT2D eigenvalue weighted by molar-refractivity contribution is 5.28. The number of ether oxygens (including phenoxy) is 1. The van der Waals surface area contributed by atoms with E-state index in [1.807, 2.05) is 12.1 Å². The van der Waals surface area contributed by atoms with Gasteiger partial charge in [0, 0.05) is 6.61 Å². The molecule has 1 heterocycles. The molecule has 1 fully saturated rings. The Hall–Kier alpha value is -1.06. The summed E-state index contributed by atoms with van der Waals surface area (Å²) in [5, 5.41) is 9.75. The third kappa shape index (κ3) is 3.03. The zero-order valence-corrected chi connectivity index (χ0v) is 11.4. The monoisotopic (exact) mass is 249 g/mol. The minimum absolute atomic E-state index is 0.0705. The van der Waals surface area contributed by atoms with E-state index in [9.17, 15) is 5.11 Å².